The second kappa shape index (κ2) is 18.0. The van der Waals surface area contributed by atoms with Gasteiger partial charge in [-0.15, -0.1) is 0 Å². The third kappa shape index (κ3) is 10.1. The zero-order valence-electron chi connectivity index (χ0n) is 28.6. The van der Waals surface area contributed by atoms with Crippen LogP contribution in [0.3, 0.4) is 0 Å². The summed E-state index contributed by atoms with van der Waals surface area (Å²) in [7, 11) is 0. The number of carboxylic acid groups (broad SMARTS) is 1. The van der Waals surface area contributed by atoms with Gasteiger partial charge in [0, 0.05) is 76.1 Å². The van der Waals surface area contributed by atoms with Crippen molar-refractivity contribution in [2.24, 2.45) is 0 Å². The van der Waals surface area contributed by atoms with Gasteiger partial charge in [-0.05, 0) is 37.8 Å². The molecule has 2 N–H and O–H groups in total. The van der Waals surface area contributed by atoms with E-state index < -0.39 is 24.0 Å². The first-order chi connectivity index (χ1) is 23.8. The van der Waals surface area contributed by atoms with Gasteiger partial charge >= 0.3 is 12.1 Å². The first-order valence-corrected chi connectivity index (χ1v) is 17.7. The minimum atomic E-state index is -1.06. The van der Waals surface area contributed by atoms with Crippen LogP contribution in [0.5, 0.6) is 0 Å². The molecule has 3 fully saturated rings. The topological polar surface area (TPSA) is 145 Å². The molecule has 3 aliphatic rings. The maximum Gasteiger partial charge on any atom is 0.409 e. The molecule has 4 heterocycles. The fourth-order valence-electron chi connectivity index (χ4n) is 6.69. The summed E-state index contributed by atoms with van der Waals surface area (Å²) < 4.78 is 10.9. The van der Waals surface area contributed by atoms with Crippen LogP contribution in [-0.4, -0.2) is 133 Å². The van der Waals surface area contributed by atoms with Gasteiger partial charge in [-0.2, -0.15) is 0 Å². The molecule has 13 heteroatoms. The van der Waals surface area contributed by atoms with Crippen molar-refractivity contribution in [3.63, 3.8) is 0 Å². The third-order valence-electron chi connectivity index (χ3n) is 9.58. The molecule has 3 amide bonds. The van der Waals surface area contributed by atoms with Gasteiger partial charge in [-0.3, -0.25) is 19.3 Å². The predicted molar refractivity (Wildman–Crippen MR) is 184 cm³/mol. The zero-order chi connectivity index (χ0) is 34.6. The lowest BCUT2D eigenvalue weighted by molar-refractivity contribution is -0.138. The molecule has 0 unspecified atom stereocenters. The van der Waals surface area contributed by atoms with Gasteiger partial charge in [0.25, 0.3) is 5.91 Å². The normalized spacial score (nSPS) is 18.2. The molecule has 3 aliphatic heterocycles. The van der Waals surface area contributed by atoms with E-state index in [2.05, 4.69) is 22.0 Å². The van der Waals surface area contributed by atoms with Crippen LogP contribution in [0.4, 0.5) is 10.5 Å². The number of piperazine rings is 1. The Balaban J connectivity index is 1.28. The lowest BCUT2D eigenvalue weighted by Crippen LogP contribution is -2.56. The highest BCUT2D eigenvalue weighted by molar-refractivity contribution is 5.97. The van der Waals surface area contributed by atoms with E-state index in [0.29, 0.717) is 31.4 Å². The fourth-order valence-corrected chi connectivity index (χ4v) is 6.69. The van der Waals surface area contributed by atoms with E-state index in [1.54, 1.807) is 15.9 Å². The van der Waals surface area contributed by atoms with E-state index in [4.69, 9.17) is 14.5 Å². The number of carboxylic acids is 1. The molecule has 0 radical (unpaired) electrons. The summed E-state index contributed by atoms with van der Waals surface area (Å²) in [5.41, 5.74) is 2.55. The van der Waals surface area contributed by atoms with E-state index in [9.17, 15) is 24.3 Å². The average molecular weight is 679 g/mol. The summed E-state index contributed by atoms with van der Waals surface area (Å²) >= 11 is 0. The molecule has 0 saturated carbocycles. The molecule has 49 heavy (non-hydrogen) atoms. The molecule has 0 bridgehead atoms. The fraction of sp³-hybridized carbons (Fsp3) is 0.583. The Kier molecular flexibility index (Phi) is 13.2. The quantitative estimate of drug-likeness (QED) is 0.302. The Hall–Kier alpha value is -4.23. The summed E-state index contributed by atoms with van der Waals surface area (Å²) in [6, 6.07) is 12.9. The second-order valence-electron chi connectivity index (χ2n) is 12.9. The standard InChI is InChI=1S/C36H50N6O7/c1-2-3-7-22-49-36(47)42-18-16-41(17-19-42)35(46)30(10-11-33(43)44)38-34(45)32-26-29(25-31(37-32)27-8-5-4-6-9-27)39-14-12-28(13-15-39)40-20-23-48-24-21-40/h4-6,8-9,25-26,28,30H,2-3,7,10-24H2,1H3,(H,38,45)(H,43,44)/t30-/m0/s1. The largest absolute Gasteiger partial charge is 0.481 e. The Morgan fingerprint density at radius 1 is 0.939 bits per heavy atom. The van der Waals surface area contributed by atoms with Crippen LogP contribution in [0.25, 0.3) is 11.3 Å². The Bertz CT molecular complexity index is 1400. The molecule has 3 saturated heterocycles. The van der Waals surface area contributed by atoms with Crippen LogP contribution >= 0.6 is 0 Å². The molecule has 13 nitrogen and oxygen atoms in total. The molecule has 0 aliphatic carbocycles. The molecule has 2 aromatic rings. The number of nitrogens with one attached hydrogen (secondary N) is 1. The molecule has 1 aromatic heterocycles. The predicted octanol–water partition coefficient (Wildman–Crippen LogP) is 3.48. The zero-order valence-corrected chi connectivity index (χ0v) is 28.6. The number of nitrogens with zero attached hydrogens (tertiary/aromatic N) is 5. The summed E-state index contributed by atoms with van der Waals surface area (Å²) in [6.07, 6.45) is 4.07. The van der Waals surface area contributed by atoms with Gasteiger partial charge in [0.15, 0.2) is 0 Å². The smallest absolute Gasteiger partial charge is 0.409 e. The maximum absolute atomic E-state index is 13.9. The average Bonchev–Trinajstić information content (AvgIpc) is 3.15. The van der Waals surface area contributed by atoms with Crippen molar-refractivity contribution >= 4 is 29.6 Å². The number of hydrogen-bond donors (Lipinski definition) is 2. The van der Waals surface area contributed by atoms with E-state index >= 15 is 0 Å². The number of amides is 3. The summed E-state index contributed by atoms with van der Waals surface area (Å²) in [6.45, 7) is 8.65. The molecular weight excluding hydrogens is 628 g/mol. The van der Waals surface area contributed by atoms with Crippen LogP contribution in [-0.2, 0) is 19.1 Å². The number of rotatable bonds is 13. The molecule has 5 rings (SSSR count). The van der Waals surface area contributed by atoms with Crippen molar-refractivity contribution in [1.29, 1.82) is 0 Å². The van der Waals surface area contributed by atoms with Crippen LogP contribution in [0.2, 0.25) is 0 Å². The highest BCUT2D eigenvalue weighted by Crippen LogP contribution is 2.28. The number of hydrogen-bond acceptors (Lipinski definition) is 9. The molecule has 266 valence electrons. The monoisotopic (exact) mass is 678 g/mol. The van der Waals surface area contributed by atoms with E-state index in [1.807, 2.05) is 36.4 Å². The van der Waals surface area contributed by atoms with Gasteiger partial charge in [0.2, 0.25) is 5.91 Å². The number of morpholine rings is 1. The highest BCUT2D eigenvalue weighted by Gasteiger charge is 2.32. The van der Waals surface area contributed by atoms with Crippen molar-refractivity contribution in [2.45, 2.75) is 64.0 Å². The van der Waals surface area contributed by atoms with Crippen molar-refractivity contribution in [2.75, 3.05) is 77.1 Å². The number of carbonyl (C=O) groups is 4. The van der Waals surface area contributed by atoms with Gasteiger partial charge in [-0.1, -0.05) is 50.1 Å². The van der Waals surface area contributed by atoms with Gasteiger partial charge in [0.05, 0.1) is 25.5 Å². The number of ether oxygens (including phenoxy) is 2. The van der Waals surface area contributed by atoms with Gasteiger partial charge in [0.1, 0.15) is 11.7 Å². The summed E-state index contributed by atoms with van der Waals surface area (Å²) in [5.74, 6) is -1.98. The first-order valence-electron chi connectivity index (χ1n) is 17.7. The molecular formula is C36H50N6O7. The Morgan fingerprint density at radius 3 is 2.31 bits per heavy atom. The summed E-state index contributed by atoms with van der Waals surface area (Å²) in [4.78, 5) is 64.2. The number of aromatic nitrogens is 1. The second-order valence-corrected chi connectivity index (χ2v) is 12.9. The number of pyridine rings is 1. The summed E-state index contributed by atoms with van der Waals surface area (Å²) in [5, 5.41) is 12.2. The number of piperidine rings is 1. The van der Waals surface area contributed by atoms with E-state index in [-0.39, 0.29) is 37.5 Å². The maximum atomic E-state index is 13.9. The third-order valence-corrected chi connectivity index (χ3v) is 9.58. The number of anilines is 1. The molecule has 1 atom stereocenters. The minimum absolute atomic E-state index is 0.0696. The number of benzene rings is 1. The van der Waals surface area contributed by atoms with Gasteiger partial charge < -0.3 is 34.6 Å². The number of unbranched alkanes of at least 4 members (excludes halogenated alkanes) is 2. The van der Waals surface area contributed by atoms with E-state index in [1.165, 1.54) is 0 Å². The minimum Gasteiger partial charge on any atom is -0.481 e. The van der Waals surface area contributed by atoms with Gasteiger partial charge in [-0.25, -0.2) is 9.78 Å². The van der Waals surface area contributed by atoms with Crippen molar-refractivity contribution in [3.05, 3.63) is 48.2 Å². The number of carbonyl (C=O) groups excluding carboxylic acids is 3. The van der Waals surface area contributed by atoms with Crippen LogP contribution in [0.15, 0.2) is 42.5 Å². The molecule has 1 aromatic carbocycles. The lowest BCUT2D eigenvalue weighted by Gasteiger charge is -2.41. The van der Waals surface area contributed by atoms with Crippen molar-refractivity contribution < 1.29 is 33.8 Å². The van der Waals surface area contributed by atoms with Crippen LogP contribution in [0.1, 0.15) is 62.4 Å². The Labute approximate surface area is 288 Å². The van der Waals surface area contributed by atoms with Crippen LogP contribution in [0, 0.1) is 0 Å². The van der Waals surface area contributed by atoms with Crippen molar-refractivity contribution in [3.8, 4) is 11.3 Å². The number of aliphatic carboxylic acids is 1. The SMILES string of the molecule is CCCCCOC(=O)N1CCN(C(=O)[C@H](CCC(=O)O)NC(=O)c2cc(N3CCC(N4CCOCC4)CC3)cc(-c3ccccc3)n2)CC1. The van der Waals surface area contributed by atoms with Crippen LogP contribution < -0.4 is 10.2 Å². The Morgan fingerprint density at radius 2 is 1.63 bits per heavy atom. The van der Waals surface area contributed by atoms with Crippen molar-refractivity contribution in [1.82, 2.24) is 25.0 Å². The van der Waals surface area contributed by atoms with E-state index in [0.717, 1.165) is 82.7 Å². The lowest BCUT2D eigenvalue weighted by atomic mass is 10.0. The highest BCUT2D eigenvalue weighted by atomic mass is 16.6. The first kappa shape index (κ1) is 36.1. The molecule has 0 spiro atoms.